The fraction of sp³-hybridized carbons (Fsp3) is 0.500. The fourth-order valence-corrected chi connectivity index (χ4v) is 1.96. The van der Waals surface area contributed by atoms with Crippen LogP contribution in [-0.2, 0) is 6.67 Å². The maximum atomic E-state index is 8.98. The zero-order chi connectivity index (χ0) is 13.0. The van der Waals surface area contributed by atoms with Crippen LogP contribution in [-0.4, -0.2) is 56.4 Å². The first-order chi connectivity index (χ1) is 8.76. The lowest BCUT2D eigenvalue weighted by atomic mass is 10.2. The average molecular weight is 250 g/mol. The molecule has 0 fully saturated rings. The lowest BCUT2D eigenvalue weighted by Crippen LogP contribution is -2.32. The van der Waals surface area contributed by atoms with Crippen molar-refractivity contribution in [2.75, 3.05) is 26.3 Å². The van der Waals surface area contributed by atoms with E-state index in [-0.39, 0.29) is 13.2 Å². The number of nitrogens with zero attached hydrogens (tertiary/aromatic N) is 4. The van der Waals surface area contributed by atoms with Crippen LogP contribution in [0.2, 0.25) is 0 Å². The molecular weight excluding hydrogens is 232 g/mol. The summed E-state index contributed by atoms with van der Waals surface area (Å²) in [6.07, 6.45) is 0. The van der Waals surface area contributed by atoms with Crippen LogP contribution in [0.5, 0.6) is 0 Å². The van der Waals surface area contributed by atoms with E-state index in [2.05, 4.69) is 10.3 Å². The maximum Gasteiger partial charge on any atom is 0.116 e. The van der Waals surface area contributed by atoms with Gasteiger partial charge in [0.1, 0.15) is 5.52 Å². The monoisotopic (exact) mass is 250 g/mol. The van der Waals surface area contributed by atoms with E-state index in [1.165, 1.54) is 0 Å². The third-order valence-electron chi connectivity index (χ3n) is 2.91. The van der Waals surface area contributed by atoms with E-state index in [0.29, 0.717) is 19.8 Å². The van der Waals surface area contributed by atoms with Crippen molar-refractivity contribution in [3.05, 3.63) is 23.8 Å². The summed E-state index contributed by atoms with van der Waals surface area (Å²) in [5, 5.41) is 26.2. The van der Waals surface area contributed by atoms with Crippen molar-refractivity contribution in [3.63, 3.8) is 0 Å². The van der Waals surface area contributed by atoms with Crippen LogP contribution in [0.3, 0.4) is 0 Å². The highest BCUT2D eigenvalue weighted by molar-refractivity contribution is 5.77. The van der Waals surface area contributed by atoms with Gasteiger partial charge in [-0.15, -0.1) is 5.10 Å². The lowest BCUT2D eigenvalue weighted by molar-refractivity contribution is 0.130. The van der Waals surface area contributed by atoms with E-state index in [1.807, 2.05) is 30.0 Å². The predicted molar refractivity (Wildman–Crippen MR) is 68.0 cm³/mol. The molecule has 6 nitrogen and oxygen atoms in total. The molecule has 0 saturated carbocycles. The highest BCUT2D eigenvalue weighted by Gasteiger charge is 2.10. The van der Waals surface area contributed by atoms with Crippen LogP contribution in [0, 0.1) is 6.92 Å². The Balaban J connectivity index is 2.22. The molecule has 98 valence electrons. The highest BCUT2D eigenvalue weighted by Crippen LogP contribution is 2.15. The summed E-state index contributed by atoms with van der Waals surface area (Å²) in [6.45, 7) is 3.65. The Morgan fingerprint density at radius 3 is 2.61 bits per heavy atom. The second kappa shape index (κ2) is 5.90. The zero-order valence-corrected chi connectivity index (χ0v) is 10.5. The van der Waals surface area contributed by atoms with Gasteiger partial charge in [-0.3, -0.25) is 4.90 Å². The van der Waals surface area contributed by atoms with Gasteiger partial charge in [-0.1, -0.05) is 17.3 Å². The molecule has 0 saturated heterocycles. The van der Waals surface area contributed by atoms with Crippen LogP contribution >= 0.6 is 0 Å². The highest BCUT2D eigenvalue weighted by atomic mass is 16.3. The second-order valence-corrected chi connectivity index (χ2v) is 4.24. The molecule has 1 heterocycles. The van der Waals surface area contributed by atoms with Gasteiger partial charge in [-0.25, -0.2) is 4.68 Å². The number of aryl methyl sites for hydroxylation is 1. The third-order valence-corrected chi connectivity index (χ3v) is 2.91. The Bertz CT molecular complexity index is 506. The van der Waals surface area contributed by atoms with E-state index in [1.54, 1.807) is 4.68 Å². The standard InChI is InChI=1S/C12H18N4O2/c1-10-3-2-4-11-12(10)13-14-16(11)9-15(5-7-17)6-8-18/h2-4,17-18H,5-9H2,1H3. The summed E-state index contributed by atoms with van der Waals surface area (Å²) in [4.78, 5) is 1.93. The molecule has 0 bridgehead atoms. The van der Waals surface area contributed by atoms with Crippen LogP contribution < -0.4 is 0 Å². The molecule has 1 aromatic carbocycles. The molecule has 1 aromatic heterocycles. The lowest BCUT2D eigenvalue weighted by Gasteiger charge is -2.19. The van der Waals surface area contributed by atoms with Gasteiger partial charge in [0.2, 0.25) is 0 Å². The quantitative estimate of drug-likeness (QED) is 0.754. The number of aromatic nitrogens is 3. The Kier molecular flexibility index (Phi) is 4.24. The Morgan fingerprint density at radius 2 is 1.94 bits per heavy atom. The summed E-state index contributed by atoms with van der Waals surface area (Å²) in [5.41, 5.74) is 2.95. The van der Waals surface area contributed by atoms with Crippen molar-refractivity contribution in [2.24, 2.45) is 0 Å². The zero-order valence-electron chi connectivity index (χ0n) is 10.5. The number of benzene rings is 1. The summed E-state index contributed by atoms with van der Waals surface area (Å²) in [5.74, 6) is 0. The number of aliphatic hydroxyl groups excluding tert-OH is 2. The summed E-state index contributed by atoms with van der Waals surface area (Å²) in [7, 11) is 0. The minimum atomic E-state index is 0.0612. The Morgan fingerprint density at radius 1 is 1.22 bits per heavy atom. The number of hydrogen-bond donors (Lipinski definition) is 2. The molecule has 0 radical (unpaired) electrons. The van der Waals surface area contributed by atoms with Crippen molar-refractivity contribution in [1.29, 1.82) is 0 Å². The number of rotatable bonds is 6. The fourth-order valence-electron chi connectivity index (χ4n) is 1.96. The molecule has 2 N–H and O–H groups in total. The molecule has 0 spiro atoms. The van der Waals surface area contributed by atoms with Gasteiger partial charge in [-0.05, 0) is 18.6 Å². The van der Waals surface area contributed by atoms with E-state index in [9.17, 15) is 0 Å². The Hall–Kier alpha value is -1.50. The van der Waals surface area contributed by atoms with Crippen LogP contribution in [0.25, 0.3) is 11.0 Å². The molecule has 0 unspecified atom stereocenters. The van der Waals surface area contributed by atoms with E-state index < -0.39 is 0 Å². The SMILES string of the molecule is Cc1cccc2c1nnn2CN(CCO)CCO. The van der Waals surface area contributed by atoms with Gasteiger partial charge in [0.15, 0.2) is 0 Å². The first-order valence-corrected chi connectivity index (χ1v) is 5.99. The van der Waals surface area contributed by atoms with E-state index in [4.69, 9.17) is 10.2 Å². The molecule has 2 aromatic rings. The number of fused-ring (bicyclic) bond motifs is 1. The molecule has 0 atom stereocenters. The molecule has 6 heteroatoms. The molecule has 2 rings (SSSR count). The van der Waals surface area contributed by atoms with Crippen molar-refractivity contribution in [3.8, 4) is 0 Å². The van der Waals surface area contributed by atoms with Crippen molar-refractivity contribution >= 4 is 11.0 Å². The van der Waals surface area contributed by atoms with Gasteiger partial charge >= 0.3 is 0 Å². The maximum absolute atomic E-state index is 8.98. The first kappa shape index (κ1) is 12.9. The summed E-state index contributed by atoms with van der Waals surface area (Å²) < 4.78 is 1.79. The molecule has 18 heavy (non-hydrogen) atoms. The molecule has 0 aliphatic heterocycles. The minimum absolute atomic E-state index is 0.0612. The number of aliphatic hydroxyl groups is 2. The largest absolute Gasteiger partial charge is 0.395 e. The van der Waals surface area contributed by atoms with Crippen LogP contribution in [0.4, 0.5) is 0 Å². The van der Waals surface area contributed by atoms with E-state index >= 15 is 0 Å². The smallest absolute Gasteiger partial charge is 0.116 e. The number of hydrogen-bond acceptors (Lipinski definition) is 5. The average Bonchev–Trinajstić information content (AvgIpc) is 2.75. The second-order valence-electron chi connectivity index (χ2n) is 4.24. The third kappa shape index (κ3) is 2.66. The normalized spacial score (nSPS) is 11.6. The predicted octanol–water partition coefficient (Wildman–Crippen LogP) is -0.0162. The van der Waals surface area contributed by atoms with Crippen LogP contribution in [0.1, 0.15) is 5.56 Å². The molecule has 0 aliphatic rings. The molecular formula is C12H18N4O2. The summed E-state index contributed by atoms with van der Waals surface area (Å²) in [6, 6.07) is 5.94. The minimum Gasteiger partial charge on any atom is -0.395 e. The van der Waals surface area contributed by atoms with Gasteiger partial charge in [-0.2, -0.15) is 0 Å². The van der Waals surface area contributed by atoms with Crippen molar-refractivity contribution in [1.82, 2.24) is 19.9 Å². The van der Waals surface area contributed by atoms with Gasteiger partial charge in [0.25, 0.3) is 0 Å². The van der Waals surface area contributed by atoms with E-state index in [0.717, 1.165) is 16.6 Å². The van der Waals surface area contributed by atoms with Gasteiger partial charge < -0.3 is 10.2 Å². The van der Waals surface area contributed by atoms with Gasteiger partial charge in [0, 0.05) is 13.1 Å². The van der Waals surface area contributed by atoms with Gasteiger partial charge in [0.05, 0.1) is 25.4 Å². The first-order valence-electron chi connectivity index (χ1n) is 5.99. The Labute approximate surface area is 105 Å². The summed E-state index contributed by atoms with van der Waals surface area (Å²) >= 11 is 0. The van der Waals surface area contributed by atoms with Crippen molar-refractivity contribution < 1.29 is 10.2 Å². The molecule has 0 amide bonds. The van der Waals surface area contributed by atoms with Crippen molar-refractivity contribution in [2.45, 2.75) is 13.6 Å². The van der Waals surface area contributed by atoms with Crippen LogP contribution in [0.15, 0.2) is 18.2 Å². The molecule has 0 aliphatic carbocycles. The topological polar surface area (TPSA) is 74.4 Å².